The summed E-state index contributed by atoms with van der Waals surface area (Å²) in [5.41, 5.74) is 6.06. The fourth-order valence-electron chi connectivity index (χ4n) is 4.27. The van der Waals surface area contributed by atoms with Gasteiger partial charge in [-0.3, -0.25) is 0 Å². The molecule has 0 saturated carbocycles. The lowest BCUT2D eigenvalue weighted by Gasteiger charge is -2.32. The molecule has 0 spiro atoms. The van der Waals surface area contributed by atoms with E-state index >= 15 is 0 Å². The second-order valence-corrected chi connectivity index (χ2v) is 8.43. The Morgan fingerprint density at radius 1 is 1.13 bits per heavy atom. The average Bonchev–Trinajstić information content (AvgIpc) is 2.77. The zero-order chi connectivity index (χ0) is 21.3. The summed E-state index contributed by atoms with van der Waals surface area (Å²) in [7, 11) is 0. The molecule has 1 atom stereocenters. The fraction of sp³-hybridized carbons (Fsp3) is 0.423. The molecule has 1 aliphatic rings. The smallest absolute Gasteiger partial charge is 0.336 e. The van der Waals surface area contributed by atoms with Crippen LogP contribution in [0.1, 0.15) is 68.2 Å². The van der Waals surface area contributed by atoms with Gasteiger partial charge in [-0.25, -0.2) is 4.79 Å². The third kappa shape index (κ3) is 3.83. The minimum Gasteiger partial charge on any atom is -0.472 e. The van der Waals surface area contributed by atoms with Gasteiger partial charge in [0.05, 0.1) is 0 Å². The molecule has 0 N–H and O–H groups in total. The van der Waals surface area contributed by atoms with Gasteiger partial charge in [-0.2, -0.15) is 0 Å². The van der Waals surface area contributed by atoms with Gasteiger partial charge >= 0.3 is 5.63 Å². The molecule has 0 saturated heterocycles. The Morgan fingerprint density at radius 3 is 2.60 bits per heavy atom. The van der Waals surface area contributed by atoms with Gasteiger partial charge < -0.3 is 14.1 Å². The SMILES string of the molecule is CCCCc1cc(=O)oc2c(C)c3c(cc12)CN(c1ccc([C@H](C)CC)cc1)CO3. The lowest BCUT2D eigenvalue weighted by atomic mass is 9.97. The summed E-state index contributed by atoms with van der Waals surface area (Å²) in [6.45, 7) is 9.90. The third-order valence-corrected chi connectivity index (χ3v) is 6.34. The predicted octanol–water partition coefficient (Wildman–Crippen LogP) is 6.31. The van der Waals surface area contributed by atoms with E-state index in [4.69, 9.17) is 9.15 Å². The summed E-state index contributed by atoms with van der Waals surface area (Å²) in [5, 5.41) is 1.04. The van der Waals surface area contributed by atoms with Crippen molar-refractivity contribution >= 4 is 16.7 Å². The van der Waals surface area contributed by atoms with Gasteiger partial charge in [0.1, 0.15) is 11.3 Å². The summed E-state index contributed by atoms with van der Waals surface area (Å²) in [4.78, 5) is 14.4. The first-order valence-corrected chi connectivity index (χ1v) is 11.1. The van der Waals surface area contributed by atoms with Crippen molar-refractivity contribution in [3.8, 4) is 5.75 Å². The Morgan fingerprint density at radius 2 is 1.90 bits per heavy atom. The molecule has 0 unspecified atom stereocenters. The van der Waals surface area contributed by atoms with E-state index in [0.29, 0.717) is 18.2 Å². The molecule has 30 heavy (non-hydrogen) atoms. The normalized spacial score (nSPS) is 14.5. The molecule has 0 fully saturated rings. The molecule has 0 radical (unpaired) electrons. The number of aryl methyl sites for hydroxylation is 2. The number of fused-ring (bicyclic) bond motifs is 2. The van der Waals surface area contributed by atoms with Gasteiger partial charge in [-0.1, -0.05) is 39.3 Å². The van der Waals surface area contributed by atoms with Crippen molar-refractivity contribution in [2.24, 2.45) is 0 Å². The van der Waals surface area contributed by atoms with Crippen molar-refractivity contribution in [3.05, 3.63) is 69.1 Å². The van der Waals surface area contributed by atoms with E-state index < -0.39 is 0 Å². The van der Waals surface area contributed by atoms with E-state index in [1.54, 1.807) is 6.07 Å². The van der Waals surface area contributed by atoms with Crippen LogP contribution in [0.25, 0.3) is 11.0 Å². The molecule has 4 rings (SSSR count). The van der Waals surface area contributed by atoms with Crippen LogP contribution < -0.4 is 15.3 Å². The maximum Gasteiger partial charge on any atom is 0.336 e. The highest BCUT2D eigenvalue weighted by Gasteiger charge is 2.23. The minimum atomic E-state index is -0.282. The van der Waals surface area contributed by atoms with Crippen LogP contribution in [0.4, 0.5) is 5.69 Å². The molecular weight excluding hydrogens is 374 g/mol. The highest BCUT2D eigenvalue weighted by molar-refractivity contribution is 5.86. The van der Waals surface area contributed by atoms with Crippen LogP contribution in [0.2, 0.25) is 0 Å². The van der Waals surface area contributed by atoms with Crippen LogP contribution in [-0.4, -0.2) is 6.73 Å². The van der Waals surface area contributed by atoms with Crippen LogP contribution in [0.15, 0.2) is 45.6 Å². The zero-order valence-corrected chi connectivity index (χ0v) is 18.5. The number of rotatable bonds is 6. The van der Waals surface area contributed by atoms with Crippen molar-refractivity contribution in [1.82, 2.24) is 0 Å². The molecule has 1 aliphatic heterocycles. The summed E-state index contributed by atoms with van der Waals surface area (Å²) < 4.78 is 11.7. The Balaban J connectivity index is 1.69. The first kappa shape index (κ1) is 20.5. The van der Waals surface area contributed by atoms with E-state index in [1.807, 2.05) is 6.92 Å². The molecule has 1 aromatic heterocycles. The van der Waals surface area contributed by atoms with Crippen molar-refractivity contribution in [2.45, 2.75) is 65.8 Å². The molecule has 158 valence electrons. The first-order chi connectivity index (χ1) is 14.5. The van der Waals surface area contributed by atoms with E-state index in [9.17, 15) is 4.79 Å². The number of anilines is 1. The second-order valence-electron chi connectivity index (χ2n) is 8.43. The lowest BCUT2D eigenvalue weighted by molar-refractivity contribution is 0.287. The maximum atomic E-state index is 12.1. The largest absolute Gasteiger partial charge is 0.472 e. The topological polar surface area (TPSA) is 42.7 Å². The third-order valence-electron chi connectivity index (χ3n) is 6.34. The summed E-state index contributed by atoms with van der Waals surface area (Å²) >= 11 is 0. The highest BCUT2D eigenvalue weighted by Crippen LogP contribution is 2.37. The average molecular weight is 406 g/mol. The zero-order valence-electron chi connectivity index (χ0n) is 18.5. The highest BCUT2D eigenvalue weighted by atomic mass is 16.5. The number of hydrogen-bond donors (Lipinski definition) is 0. The maximum absolute atomic E-state index is 12.1. The molecule has 0 bridgehead atoms. The minimum absolute atomic E-state index is 0.282. The van der Waals surface area contributed by atoms with E-state index in [1.165, 1.54) is 5.56 Å². The van der Waals surface area contributed by atoms with Crippen LogP contribution in [-0.2, 0) is 13.0 Å². The van der Waals surface area contributed by atoms with Crippen molar-refractivity contribution in [3.63, 3.8) is 0 Å². The predicted molar refractivity (Wildman–Crippen MR) is 123 cm³/mol. The van der Waals surface area contributed by atoms with Gasteiger partial charge in [0.2, 0.25) is 0 Å². The van der Waals surface area contributed by atoms with Gasteiger partial charge in [0, 0.05) is 34.8 Å². The number of ether oxygens (including phenoxy) is 1. The van der Waals surface area contributed by atoms with E-state index in [-0.39, 0.29) is 5.63 Å². The van der Waals surface area contributed by atoms with Crippen molar-refractivity contribution < 1.29 is 9.15 Å². The number of nitrogens with zero attached hydrogens (tertiary/aromatic N) is 1. The van der Waals surface area contributed by atoms with E-state index in [2.05, 4.69) is 56.0 Å². The van der Waals surface area contributed by atoms with Crippen molar-refractivity contribution in [1.29, 1.82) is 0 Å². The molecule has 4 nitrogen and oxygen atoms in total. The Labute approximate surface area is 178 Å². The summed E-state index contributed by atoms with van der Waals surface area (Å²) in [6, 6.07) is 12.6. The first-order valence-electron chi connectivity index (χ1n) is 11.1. The van der Waals surface area contributed by atoms with Crippen LogP contribution in [0.3, 0.4) is 0 Å². The Kier molecular flexibility index (Phi) is 5.85. The number of hydrogen-bond acceptors (Lipinski definition) is 4. The Bertz CT molecular complexity index is 1100. The molecule has 3 aromatic rings. The molecule has 2 heterocycles. The van der Waals surface area contributed by atoms with Crippen molar-refractivity contribution in [2.75, 3.05) is 11.6 Å². The van der Waals surface area contributed by atoms with Crippen LogP contribution >= 0.6 is 0 Å². The van der Waals surface area contributed by atoms with Crippen LogP contribution in [0, 0.1) is 6.92 Å². The number of benzene rings is 2. The van der Waals surface area contributed by atoms with Gasteiger partial charge in [-0.15, -0.1) is 0 Å². The van der Waals surface area contributed by atoms with Gasteiger partial charge in [0.25, 0.3) is 0 Å². The lowest BCUT2D eigenvalue weighted by Crippen LogP contribution is -2.32. The molecule has 2 aromatic carbocycles. The standard InChI is InChI=1S/C26H31NO3/c1-5-7-8-20-14-24(28)30-26-18(4)25-21(13-23(20)26)15-27(16-29-25)22-11-9-19(10-12-22)17(3)6-2/h9-14,17H,5-8,15-16H2,1-4H3/t17-/m1/s1. The van der Waals surface area contributed by atoms with E-state index in [0.717, 1.165) is 65.7 Å². The fourth-order valence-corrected chi connectivity index (χ4v) is 4.27. The Hall–Kier alpha value is -2.75. The molecule has 4 heteroatoms. The van der Waals surface area contributed by atoms with Gasteiger partial charge in [0.15, 0.2) is 6.73 Å². The molecule has 0 amide bonds. The summed E-state index contributed by atoms with van der Waals surface area (Å²) in [6.07, 6.45) is 4.18. The molecule has 0 aliphatic carbocycles. The summed E-state index contributed by atoms with van der Waals surface area (Å²) in [5.74, 6) is 1.42. The number of unbranched alkanes of at least 4 members (excludes halogenated alkanes) is 1. The van der Waals surface area contributed by atoms with Crippen LogP contribution in [0.5, 0.6) is 5.75 Å². The quantitative estimate of drug-likeness (QED) is 0.450. The monoisotopic (exact) mass is 405 g/mol. The second kappa shape index (κ2) is 8.55. The molecular formula is C26H31NO3. The van der Waals surface area contributed by atoms with Gasteiger partial charge in [-0.05, 0) is 61.4 Å².